The number of nitrogens with zero attached hydrogens (tertiary/aromatic N) is 1. The third-order valence-corrected chi connectivity index (χ3v) is 2.09. The molecule has 0 spiro atoms. The van der Waals surface area contributed by atoms with Crippen LogP contribution in [0, 0.1) is 5.21 Å². The highest BCUT2D eigenvalue weighted by Gasteiger charge is 1.93. The molecule has 0 aliphatic carbocycles. The highest BCUT2D eigenvalue weighted by Crippen LogP contribution is 2.15. The van der Waals surface area contributed by atoms with E-state index in [1.54, 1.807) is 23.9 Å². The second-order valence-corrected chi connectivity index (χ2v) is 3.24. The Morgan fingerprint density at radius 2 is 2.00 bits per heavy atom. The van der Waals surface area contributed by atoms with Crippen LogP contribution in [0.2, 0.25) is 0 Å². The molecular formula is C8H10NO2S-. The lowest BCUT2D eigenvalue weighted by Crippen LogP contribution is -2.06. The van der Waals surface area contributed by atoms with Gasteiger partial charge in [-0.2, -0.15) is 11.8 Å². The predicted octanol–water partition coefficient (Wildman–Crippen LogP) is 2.24. The molecule has 0 saturated carbocycles. The summed E-state index contributed by atoms with van der Waals surface area (Å²) in [4.78, 5) is 0. The van der Waals surface area contributed by atoms with Gasteiger partial charge in [0.25, 0.3) is 0 Å². The van der Waals surface area contributed by atoms with Crippen molar-refractivity contribution in [2.45, 2.75) is 5.75 Å². The largest absolute Gasteiger partial charge is 0.733 e. The Balaban J connectivity index is 2.71. The van der Waals surface area contributed by atoms with Crippen molar-refractivity contribution < 1.29 is 5.21 Å². The van der Waals surface area contributed by atoms with Gasteiger partial charge in [-0.25, -0.2) is 0 Å². The maximum Gasteiger partial charge on any atom is 0.0508 e. The van der Waals surface area contributed by atoms with Crippen molar-refractivity contribution in [2.24, 2.45) is 0 Å². The summed E-state index contributed by atoms with van der Waals surface area (Å²) < 4.78 is 0. The number of thioether (sulfide) groups is 1. The van der Waals surface area contributed by atoms with Gasteiger partial charge in [-0.3, -0.25) is 5.21 Å². The lowest BCUT2D eigenvalue weighted by Gasteiger charge is -2.21. The Kier molecular flexibility index (Phi) is 3.40. The number of hydrogen-bond donors (Lipinski definition) is 1. The van der Waals surface area contributed by atoms with Crippen LogP contribution >= 0.6 is 11.8 Å². The number of anilines is 1. The minimum absolute atomic E-state index is 0.136. The molecule has 0 aliphatic heterocycles. The van der Waals surface area contributed by atoms with Crippen LogP contribution in [0.4, 0.5) is 5.69 Å². The highest BCUT2D eigenvalue weighted by atomic mass is 32.2. The molecule has 1 N–H and O–H groups in total. The van der Waals surface area contributed by atoms with Crippen molar-refractivity contribution in [3.63, 3.8) is 0 Å². The zero-order valence-electron chi connectivity index (χ0n) is 6.73. The topological polar surface area (TPSA) is 46.5 Å². The molecule has 0 heterocycles. The van der Waals surface area contributed by atoms with E-state index in [1.165, 1.54) is 0 Å². The minimum atomic E-state index is -0.136. The maximum absolute atomic E-state index is 10.4. The van der Waals surface area contributed by atoms with E-state index in [0.29, 0.717) is 0 Å². The molecule has 4 heteroatoms. The van der Waals surface area contributed by atoms with Crippen molar-refractivity contribution in [3.8, 4) is 0 Å². The van der Waals surface area contributed by atoms with E-state index in [0.717, 1.165) is 11.3 Å². The Labute approximate surface area is 75.5 Å². The highest BCUT2D eigenvalue weighted by molar-refractivity contribution is 7.97. The molecule has 0 fully saturated rings. The average Bonchev–Trinajstić information content (AvgIpc) is 2.06. The van der Waals surface area contributed by atoms with Gasteiger partial charge in [0.2, 0.25) is 0 Å². The minimum Gasteiger partial charge on any atom is -0.733 e. The van der Waals surface area contributed by atoms with Crippen LogP contribution in [-0.4, -0.2) is 11.5 Å². The number of rotatable bonds is 3. The van der Waals surface area contributed by atoms with Crippen LogP contribution in [0.25, 0.3) is 0 Å². The fraction of sp³-hybridized carbons (Fsp3) is 0.250. The molecule has 0 bridgehead atoms. The second kappa shape index (κ2) is 4.35. The summed E-state index contributed by atoms with van der Waals surface area (Å²) >= 11 is 1.71. The van der Waals surface area contributed by atoms with Crippen LogP contribution in [0.1, 0.15) is 5.56 Å². The lowest BCUT2D eigenvalue weighted by atomic mass is 10.2. The summed E-state index contributed by atoms with van der Waals surface area (Å²) in [6, 6.07) is 6.84. The van der Waals surface area contributed by atoms with Gasteiger partial charge in [-0.1, -0.05) is 12.1 Å². The number of hydrogen-bond acceptors (Lipinski definition) is 4. The lowest BCUT2D eigenvalue weighted by molar-refractivity contribution is 0.296. The molecule has 0 aliphatic rings. The summed E-state index contributed by atoms with van der Waals surface area (Å²) in [6.45, 7) is 0. The Morgan fingerprint density at radius 3 is 2.42 bits per heavy atom. The van der Waals surface area contributed by atoms with Crippen molar-refractivity contribution in [2.75, 3.05) is 11.5 Å². The van der Waals surface area contributed by atoms with Crippen LogP contribution in [0.15, 0.2) is 24.3 Å². The summed E-state index contributed by atoms with van der Waals surface area (Å²) in [7, 11) is 0. The molecule has 0 amide bonds. The summed E-state index contributed by atoms with van der Waals surface area (Å²) in [6.07, 6.45) is 2.01. The Morgan fingerprint density at radius 1 is 1.42 bits per heavy atom. The van der Waals surface area contributed by atoms with Crippen molar-refractivity contribution in [1.29, 1.82) is 0 Å². The summed E-state index contributed by atoms with van der Waals surface area (Å²) in [5.41, 5.74) is 1.41. The molecule has 0 unspecified atom stereocenters. The standard InChI is InChI=1S/C8H10NO2S/c1-12-6-7-2-4-8(5-3-7)9(10)11/h2-5,10H,6H2,1H3/q-1. The van der Waals surface area contributed by atoms with Crippen molar-refractivity contribution in [3.05, 3.63) is 35.0 Å². The molecule has 1 aromatic rings. The predicted molar refractivity (Wildman–Crippen MR) is 51.3 cm³/mol. The average molecular weight is 184 g/mol. The molecule has 12 heavy (non-hydrogen) atoms. The monoisotopic (exact) mass is 184 g/mol. The maximum atomic E-state index is 10.4. The van der Waals surface area contributed by atoms with E-state index < -0.39 is 0 Å². The van der Waals surface area contributed by atoms with Gasteiger partial charge in [0, 0.05) is 5.75 Å². The van der Waals surface area contributed by atoms with Crippen molar-refractivity contribution in [1.82, 2.24) is 0 Å². The molecule has 0 aromatic heterocycles. The first kappa shape index (κ1) is 9.38. The normalized spacial score (nSPS) is 9.92. The zero-order valence-corrected chi connectivity index (χ0v) is 7.54. The van der Waals surface area contributed by atoms with Gasteiger partial charge in [-0.05, 0) is 24.0 Å². The molecule has 0 atom stereocenters. The van der Waals surface area contributed by atoms with Gasteiger partial charge >= 0.3 is 0 Å². The van der Waals surface area contributed by atoms with E-state index in [2.05, 4.69) is 0 Å². The summed E-state index contributed by atoms with van der Waals surface area (Å²) in [5, 5.41) is 18.8. The first-order valence-electron chi connectivity index (χ1n) is 3.48. The van der Waals surface area contributed by atoms with Crippen LogP contribution in [0.5, 0.6) is 0 Å². The number of benzene rings is 1. The van der Waals surface area contributed by atoms with Gasteiger partial charge in [0.1, 0.15) is 0 Å². The van der Waals surface area contributed by atoms with Crippen molar-refractivity contribution >= 4 is 17.4 Å². The first-order valence-corrected chi connectivity index (χ1v) is 4.87. The van der Waals surface area contributed by atoms with E-state index in [-0.39, 0.29) is 10.9 Å². The third-order valence-electron chi connectivity index (χ3n) is 1.47. The molecular weight excluding hydrogens is 174 g/mol. The van der Waals surface area contributed by atoms with Crippen LogP contribution in [0.3, 0.4) is 0 Å². The fourth-order valence-electron chi connectivity index (χ4n) is 0.886. The first-order chi connectivity index (χ1) is 5.74. The van der Waals surface area contributed by atoms with Crippen LogP contribution < -0.4 is 5.23 Å². The molecule has 0 radical (unpaired) electrons. The Bertz CT molecular complexity index is 235. The molecule has 1 aromatic carbocycles. The van der Waals surface area contributed by atoms with E-state index >= 15 is 0 Å². The SMILES string of the molecule is CSCc1ccc(N([O-])O)cc1. The molecule has 66 valence electrons. The third kappa shape index (κ3) is 2.41. The van der Waals surface area contributed by atoms with Gasteiger partial charge < -0.3 is 10.4 Å². The quantitative estimate of drug-likeness (QED) is 0.732. The smallest absolute Gasteiger partial charge is 0.0508 e. The molecule has 1 rings (SSSR count). The van der Waals surface area contributed by atoms with Gasteiger partial charge in [0.05, 0.1) is 5.69 Å². The molecule has 3 nitrogen and oxygen atoms in total. The second-order valence-electron chi connectivity index (χ2n) is 2.37. The molecule has 0 saturated heterocycles. The van der Waals surface area contributed by atoms with Gasteiger partial charge in [-0.15, -0.1) is 0 Å². The Hall–Kier alpha value is -0.710. The van der Waals surface area contributed by atoms with E-state index in [9.17, 15) is 5.21 Å². The van der Waals surface area contributed by atoms with E-state index in [4.69, 9.17) is 5.21 Å². The fourth-order valence-corrected chi connectivity index (χ4v) is 1.41. The summed E-state index contributed by atoms with van der Waals surface area (Å²) in [5.74, 6) is 0.921. The van der Waals surface area contributed by atoms with Crippen LogP contribution in [-0.2, 0) is 5.75 Å². The zero-order chi connectivity index (χ0) is 8.97. The van der Waals surface area contributed by atoms with E-state index in [1.807, 2.05) is 18.4 Å². The van der Waals surface area contributed by atoms with Gasteiger partial charge in [0.15, 0.2) is 0 Å².